The van der Waals surface area contributed by atoms with E-state index in [1.54, 1.807) is 0 Å². The molecule has 1 spiro atoms. The number of amides is 1. The number of carboxylic acids is 1. The van der Waals surface area contributed by atoms with Crippen molar-refractivity contribution in [3.63, 3.8) is 0 Å². The fraction of sp³-hybridized carbons (Fsp3) is 0.529. The average molecular weight is 357 g/mol. The third-order valence-corrected chi connectivity index (χ3v) is 4.86. The lowest BCUT2D eigenvalue weighted by atomic mass is 9.89. The van der Waals surface area contributed by atoms with Crippen LogP contribution in [-0.2, 0) is 15.7 Å². The molecule has 5 nitrogen and oxygen atoms in total. The molecule has 1 N–H and O–H groups in total. The lowest BCUT2D eigenvalue weighted by Gasteiger charge is -2.41. The van der Waals surface area contributed by atoms with Gasteiger partial charge in [0.15, 0.2) is 6.04 Å². The van der Waals surface area contributed by atoms with Gasteiger partial charge in [0, 0.05) is 5.56 Å². The van der Waals surface area contributed by atoms with E-state index < -0.39 is 35.4 Å². The molecule has 8 heteroatoms. The van der Waals surface area contributed by atoms with Crippen LogP contribution in [0.1, 0.15) is 48.0 Å². The second-order valence-electron chi connectivity index (χ2n) is 6.42. The number of halogens is 3. The van der Waals surface area contributed by atoms with Crippen molar-refractivity contribution in [3.05, 3.63) is 35.4 Å². The molecule has 1 heterocycles. The van der Waals surface area contributed by atoms with Crippen molar-refractivity contribution in [2.45, 2.75) is 50.0 Å². The normalized spacial score (nSPS) is 23.0. The summed E-state index contributed by atoms with van der Waals surface area (Å²) in [6, 6.07) is 2.69. The van der Waals surface area contributed by atoms with Crippen LogP contribution >= 0.6 is 0 Å². The molecule has 1 aromatic rings. The molecular formula is C17H18F3NO4. The summed E-state index contributed by atoms with van der Waals surface area (Å²) < 4.78 is 43.8. The first-order valence-electron chi connectivity index (χ1n) is 8.12. The number of rotatable bonds is 2. The van der Waals surface area contributed by atoms with E-state index in [2.05, 4.69) is 0 Å². The number of hydrogen-bond acceptors (Lipinski definition) is 3. The van der Waals surface area contributed by atoms with Crippen LogP contribution in [0.4, 0.5) is 13.2 Å². The summed E-state index contributed by atoms with van der Waals surface area (Å²) in [5.41, 5.74) is -1.81. The molecule has 0 aromatic heterocycles. The first-order valence-corrected chi connectivity index (χ1v) is 8.12. The molecule has 0 unspecified atom stereocenters. The Morgan fingerprint density at radius 3 is 2.24 bits per heavy atom. The molecule has 1 saturated heterocycles. The molecule has 3 rings (SSSR count). The Bertz CT molecular complexity index is 665. The number of alkyl halides is 3. The Morgan fingerprint density at radius 1 is 1.12 bits per heavy atom. The van der Waals surface area contributed by atoms with Gasteiger partial charge in [-0.25, -0.2) is 4.79 Å². The number of hydrogen-bond donors (Lipinski definition) is 1. The van der Waals surface area contributed by atoms with E-state index in [0.29, 0.717) is 12.8 Å². The topological polar surface area (TPSA) is 66.8 Å². The standard InChI is InChI=1S/C17H18F3NO4/c18-17(19,20)12-6-4-11(5-7-12)14(22)21-13(15(23)24)10-25-16(21)8-2-1-3-9-16/h4-7,13H,1-3,8-10H2,(H,23,24)/t13-/m0/s1. The summed E-state index contributed by atoms with van der Waals surface area (Å²) in [6.45, 7) is -0.109. The number of carbonyl (C=O) groups is 2. The van der Waals surface area contributed by atoms with Crippen LogP contribution in [-0.4, -0.2) is 40.3 Å². The summed E-state index contributed by atoms with van der Waals surface area (Å²) in [7, 11) is 0. The SMILES string of the molecule is O=C(O)[C@@H]1COC2(CCCCC2)N1C(=O)c1ccc(C(F)(F)F)cc1. The average Bonchev–Trinajstić information content (AvgIpc) is 2.93. The van der Waals surface area contributed by atoms with Crippen molar-refractivity contribution in [1.82, 2.24) is 4.90 Å². The maximum atomic E-state index is 12.9. The molecule has 0 bridgehead atoms. The van der Waals surface area contributed by atoms with Crippen molar-refractivity contribution < 1.29 is 32.6 Å². The van der Waals surface area contributed by atoms with Gasteiger partial charge in [-0.05, 0) is 49.9 Å². The van der Waals surface area contributed by atoms with E-state index in [4.69, 9.17) is 4.74 Å². The lowest BCUT2D eigenvalue weighted by molar-refractivity contribution is -0.143. The second-order valence-corrected chi connectivity index (χ2v) is 6.42. The van der Waals surface area contributed by atoms with E-state index in [1.807, 2.05) is 0 Å². The van der Waals surface area contributed by atoms with Crippen molar-refractivity contribution in [1.29, 1.82) is 0 Å². The van der Waals surface area contributed by atoms with Crippen molar-refractivity contribution in [3.8, 4) is 0 Å². The van der Waals surface area contributed by atoms with Gasteiger partial charge in [-0.15, -0.1) is 0 Å². The highest BCUT2D eigenvalue weighted by molar-refractivity contribution is 5.97. The number of aliphatic carboxylic acids is 1. The molecule has 1 aliphatic carbocycles. The zero-order valence-corrected chi connectivity index (χ0v) is 13.4. The number of nitrogens with zero attached hydrogens (tertiary/aromatic N) is 1. The van der Waals surface area contributed by atoms with Gasteiger partial charge < -0.3 is 9.84 Å². The van der Waals surface area contributed by atoms with Gasteiger partial charge >= 0.3 is 12.1 Å². The molecule has 1 aliphatic heterocycles. The van der Waals surface area contributed by atoms with E-state index in [9.17, 15) is 27.9 Å². The summed E-state index contributed by atoms with van der Waals surface area (Å²) in [4.78, 5) is 25.7. The smallest absolute Gasteiger partial charge is 0.416 e. The fourth-order valence-corrected chi connectivity index (χ4v) is 3.60. The van der Waals surface area contributed by atoms with Gasteiger partial charge in [0.25, 0.3) is 5.91 Å². The monoisotopic (exact) mass is 357 g/mol. The number of ether oxygens (including phenoxy) is 1. The Hall–Kier alpha value is -2.09. The molecule has 1 atom stereocenters. The molecule has 25 heavy (non-hydrogen) atoms. The van der Waals surface area contributed by atoms with Crippen molar-refractivity contribution in [2.75, 3.05) is 6.61 Å². The molecule has 1 aromatic carbocycles. The molecule has 2 aliphatic rings. The van der Waals surface area contributed by atoms with E-state index in [0.717, 1.165) is 43.5 Å². The molecule has 1 amide bonds. The molecule has 2 fully saturated rings. The van der Waals surface area contributed by atoms with Gasteiger partial charge in [-0.3, -0.25) is 9.69 Å². The first kappa shape index (κ1) is 17.7. The van der Waals surface area contributed by atoms with Gasteiger partial charge in [-0.1, -0.05) is 6.42 Å². The maximum Gasteiger partial charge on any atom is 0.416 e. The van der Waals surface area contributed by atoms with Crippen LogP contribution in [0.5, 0.6) is 0 Å². The molecule has 1 saturated carbocycles. The third-order valence-electron chi connectivity index (χ3n) is 4.86. The lowest BCUT2D eigenvalue weighted by Crippen LogP contribution is -2.54. The quantitative estimate of drug-likeness (QED) is 0.882. The largest absolute Gasteiger partial charge is 0.480 e. The van der Waals surface area contributed by atoms with E-state index in [-0.39, 0.29) is 12.2 Å². The minimum Gasteiger partial charge on any atom is -0.480 e. The van der Waals surface area contributed by atoms with Crippen LogP contribution in [0, 0.1) is 0 Å². The number of carboxylic acid groups (broad SMARTS) is 1. The summed E-state index contributed by atoms with van der Waals surface area (Å²) in [6.07, 6.45) is -0.837. The van der Waals surface area contributed by atoms with Gasteiger partial charge in [-0.2, -0.15) is 13.2 Å². The van der Waals surface area contributed by atoms with Crippen molar-refractivity contribution in [2.24, 2.45) is 0 Å². The first-order chi connectivity index (χ1) is 11.7. The van der Waals surface area contributed by atoms with Crippen LogP contribution in [0.25, 0.3) is 0 Å². The zero-order chi connectivity index (χ0) is 18.2. The minimum absolute atomic E-state index is 0.0229. The van der Waals surface area contributed by atoms with Crippen molar-refractivity contribution >= 4 is 11.9 Å². The Morgan fingerprint density at radius 2 is 1.72 bits per heavy atom. The maximum absolute atomic E-state index is 12.9. The molecule has 0 radical (unpaired) electrons. The predicted molar refractivity (Wildman–Crippen MR) is 80.8 cm³/mol. The molecule has 136 valence electrons. The summed E-state index contributed by atoms with van der Waals surface area (Å²) in [5.74, 6) is -1.79. The van der Waals surface area contributed by atoms with Crippen LogP contribution in [0.15, 0.2) is 24.3 Å². The van der Waals surface area contributed by atoms with Crippen LogP contribution in [0.3, 0.4) is 0 Å². The minimum atomic E-state index is -4.49. The van der Waals surface area contributed by atoms with Crippen LogP contribution < -0.4 is 0 Å². The second kappa shape index (κ2) is 6.33. The Balaban J connectivity index is 1.92. The summed E-state index contributed by atoms with van der Waals surface area (Å²) in [5, 5.41) is 9.42. The fourth-order valence-electron chi connectivity index (χ4n) is 3.60. The number of carbonyl (C=O) groups excluding carboxylic acids is 1. The summed E-state index contributed by atoms with van der Waals surface area (Å²) >= 11 is 0. The number of benzene rings is 1. The van der Waals surface area contributed by atoms with E-state index >= 15 is 0 Å². The van der Waals surface area contributed by atoms with Gasteiger partial charge in [0.1, 0.15) is 5.72 Å². The highest BCUT2D eigenvalue weighted by atomic mass is 19.4. The Kier molecular flexibility index (Phi) is 4.49. The predicted octanol–water partition coefficient (Wildman–Crippen LogP) is 3.29. The van der Waals surface area contributed by atoms with E-state index in [1.165, 1.54) is 4.90 Å². The van der Waals surface area contributed by atoms with Gasteiger partial charge in [0.2, 0.25) is 0 Å². The zero-order valence-electron chi connectivity index (χ0n) is 13.4. The molecular weight excluding hydrogens is 339 g/mol. The van der Waals surface area contributed by atoms with Crippen LogP contribution in [0.2, 0.25) is 0 Å². The van der Waals surface area contributed by atoms with Gasteiger partial charge in [0.05, 0.1) is 12.2 Å². The highest BCUT2D eigenvalue weighted by Crippen LogP contribution is 2.41. The Labute approximate surface area is 142 Å². The third kappa shape index (κ3) is 3.22. The highest BCUT2D eigenvalue weighted by Gasteiger charge is 2.53.